The molecule has 0 fully saturated rings. The van der Waals surface area contributed by atoms with Crippen LogP contribution >= 0.6 is 15.9 Å². The maximum Gasteiger partial charge on any atom is 0.235 e. The fraction of sp³-hybridized carbons (Fsp3) is 0.364. The molecule has 0 aromatic heterocycles. The molecule has 0 heterocycles. The van der Waals surface area contributed by atoms with Gasteiger partial charge in [0.15, 0.2) is 0 Å². The lowest BCUT2D eigenvalue weighted by atomic mass is 9.88. The predicted molar refractivity (Wildman–Crippen MR) is 57.9 cm³/mol. The Morgan fingerprint density at radius 1 is 1.50 bits per heavy atom. The Morgan fingerprint density at radius 2 is 2.36 bits per heavy atom. The molecule has 1 aromatic carbocycles. The molecule has 2 nitrogen and oxygen atoms in total. The number of carbonyl (C=O) groups excluding carboxylic acids is 1. The van der Waals surface area contributed by atoms with Crippen LogP contribution in [0, 0.1) is 0 Å². The van der Waals surface area contributed by atoms with Gasteiger partial charge in [0, 0.05) is 4.47 Å². The molecule has 1 aliphatic carbocycles. The largest absolute Gasteiger partial charge is 0.235 e. The standard InChI is InChI=1S/C11H10BrNO/c12-9-4-5-10-8(6-9)2-1-3-11(10)13-7-14/h4-6,11H,1-3H2. The monoisotopic (exact) mass is 251 g/mol. The number of nitrogens with zero attached hydrogens (tertiary/aromatic N) is 1. The van der Waals surface area contributed by atoms with E-state index in [1.165, 1.54) is 11.1 Å². The quantitative estimate of drug-likeness (QED) is 0.557. The van der Waals surface area contributed by atoms with E-state index in [1.54, 1.807) is 6.08 Å². The highest BCUT2D eigenvalue weighted by molar-refractivity contribution is 9.10. The molecule has 14 heavy (non-hydrogen) atoms. The maximum absolute atomic E-state index is 10.2. The van der Waals surface area contributed by atoms with Crippen molar-refractivity contribution in [3.05, 3.63) is 33.8 Å². The summed E-state index contributed by atoms with van der Waals surface area (Å²) in [7, 11) is 0. The number of aryl methyl sites for hydroxylation is 1. The van der Waals surface area contributed by atoms with Gasteiger partial charge < -0.3 is 0 Å². The Kier molecular flexibility index (Phi) is 2.80. The van der Waals surface area contributed by atoms with Gasteiger partial charge in [0.05, 0.1) is 6.04 Å². The Labute approximate surface area is 91.2 Å². The molecule has 1 unspecified atom stereocenters. The molecule has 0 amide bonds. The molecular weight excluding hydrogens is 242 g/mol. The van der Waals surface area contributed by atoms with Gasteiger partial charge in [0.25, 0.3) is 0 Å². The van der Waals surface area contributed by atoms with E-state index in [1.807, 2.05) is 12.1 Å². The summed E-state index contributed by atoms with van der Waals surface area (Å²) in [5, 5.41) is 0. The Hall–Kier alpha value is -0.920. The summed E-state index contributed by atoms with van der Waals surface area (Å²) in [6.07, 6.45) is 4.80. The lowest BCUT2D eigenvalue weighted by molar-refractivity contribution is 0.538. The average Bonchev–Trinajstić information content (AvgIpc) is 2.18. The van der Waals surface area contributed by atoms with E-state index >= 15 is 0 Å². The van der Waals surface area contributed by atoms with Crippen LogP contribution in [0.1, 0.15) is 30.0 Å². The summed E-state index contributed by atoms with van der Waals surface area (Å²) < 4.78 is 1.09. The molecule has 1 atom stereocenters. The van der Waals surface area contributed by atoms with Gasteiger partial charge in [-0.15, -0.1) is 0 Å². The zero-order chi connectivity index (χ0) is 9.97. The van der Waals surface area contributed by atoms with E-state index in [4.69, 9.17) is 0 Å². The van der Waals surface area contributed by atoms with Crippen LogP contribution in [0.3, 0.4) is 0 Å². The zero-order valence-electron chi connectivity index (χ0n) is 7.66. The van der Waals surface area contributed by atoms with Gasteiger partial charge >= 0.3 is 0 Å². The second-order valence-corrected chi connectivity index (χ2v) is 4.39. The topological polar surface area (TPSA) is 29.4 Å². The smallest absolute Gasteiger partial charge is 0.211 e. The number of hydrogen-bond acceptors (Lipinski definition) is 2. The van der Waals surface area contributed by atoms with Gasteiger partial charge in [-0.1, -0.05) is 22.0 Å². The molecule has 0 N–H and O–H groups in total. The van der Waals surface area contributed by atoms with Crippen molar-refractivity contribution in [3.63, 3.8) is 0 Å². The highest BCUT2D eigenvalue weighted by atomic mass is 79.9. The fourth-order valence-corrected chi connectivity index (χ4v) is 2.36. The first kappa shape index (κ1) is 9.63. The maximum atomic E-state index is 10.2. The molecule has 0 spiro atoms. The van der Waals surface area contributed by atoms with Crippen LogP contribution < -0.4 is 0 Å². The van der Waals surface area contributed by atoms with Crippen LogP contribution in [-0.4, -0.2) is 6.08 Å². The summed E-state index contributed by atoms with van der Waals surface area (Å²) >= 11 is 3.44. The summed E-state index contributed by atoms with van der Waals surface area (Å²) in [5.41, 5.74) is 2.48. The van der Waals surface area contributed by atoms with Gasteiger partial charge in [-0.3, -0.25) is 0 Å². The average molecular weight is 252 g/mol. The van der Waals surface area contributed by atoms with Crippen molar-refractivity contribution in [1.29, 1.82) is 0 Å². The molecule has 1 aliphatic rings. The number of rotatable bonds is 1. The molecule has 0 bridgehead atoms. The van der Waals surface area contributed by atoms with E-state index in [0.29, 0.717) is 0 Å². The third kappa shape index (κ3) is 1.79. The summed E-state index contributed by atoms with van der Waals surface area (Å²) in [5.74, 6) is 0. The molecule has 1 aromatic rings. The van der Waals surface area contributed by atoms with Crippen LogP contribution in [0.4, 0.5) is 0 Å². The minimum atomic E-state index is 0.0318. The first-order valence-electron chi connectivity index (χ1n) is 4.66. The summed E-state index contributed by atoms with van der Waals surface area (Å²) in [6, 6.07) is 6.19. The van der Waals surface area contributed by atoms with Crippen LogP contribution in [0.25, 0.3) is 0 Å². The molecule has 0 saturated carbocycles. The van der Waals surface area contributed by atoms with Crippen molar-refractivity contribution in [3.8, 4) is 0 Å². The normalized spacial score (nSPS) is 19.6. The van der Waals surface area contributed by atoms with Gasteiger partial charge in [-0.05, 0) is 42.5 Å². The third-order valence-corrected chi connectivity index (χ3v) is 3.09. The number of halogens is 1. The molecule has 0 saturated heterocycles. The number of fused-ring (bicyclic) bond motifs is 1. The lowest BCUT2D eigenvalue weighted by Gasteiger charge is -2.21. The number of aliphatic imine (C=N–C) groups is 1. The highest BCUT2D eigenvalue weighted by Crippen LogP contribution is 2.33. The van der Waals surface area contributed by atoms with Crippen molar-refractivity contribution < 1.29 is 4.79 Å². The fourth-order valence-electron chi connectivity index (χ4n) is 1.95. The van der Waals surface area contributed by atoms with Gasteiger partial charge in [-0.25, -0.2) is 4.79 Å². The van der Waals surface area contributed by atoms with Gasteiger partial charge in [-0.2, -0.15) is 4.99 Å². The minimum absolute atomic E-state index is 0.0318. The summed E-state index contributed by atoms with van der Waals surface area (Å²) in [4.78, 5) is 14.1. The Balaban J connectivity index is 2.44. The number of hydrogen-bond donors (Lipinski definition) is 0. The Bertz CT molecular complexity index is 396. The van der Waals surface area contributed by atoms with Crippen LogP contribution in [-0.2, 0) is 11.2 Å². The van der Waals surface area contributed by atoms with Crippen molar-refractivity contribution in [2.45, 2.75) is 25.3 Å². The Morgan fingerprint density at radius 3 is 3.14 bits per heavy atom. The molecule has 0 aliphatic heterocycles. The van der Waals surface area contributed by atoms with Crippen molar-refractivity contribution in [2.24, 2.45) is 4.99 Å². The molecule has 72 valence electrons. The van der Waals surface area contributed by atoms with Crippen LogP contribution in [0.2, 0.25) is 0 Å². The zero-order valence-corrected chi connectivity index (χ0v) is 9.25. The predicted octanol–water partition coefficient (Wildman–Crippen LogP) is 3.16. The minimum Gasteiger partial charge on any atom is -0.211 e. The second-order valence-electron chi connectivity index (χ2n) is 3.47. The lowest BCUT2D eigenvalue weighted by Crippen LogP contribution is -2.07. The van der Waals surface area contributed by atoms with Crippen molar-refractivity contribution in [1.82, 2.24) is 0 Å². The van der Waals surface area contributed by atoms with E-state index in [-0.39, 0.29) is 6.04 Å². The van der Waals surface area contributed by atoms with Gasteiger partial charge in [0.2, 0.25) is 6.08 Å². The SMILES string of the molecule is O=C=NC1CCCc2cc(Br)ccc21. The van der Waals surface area contributed by atoms with Crippen LogP contribution in [0.15, 0.2) is 27.7 Å². The second kappa shape index (κ2) is 4.07. The van der Waals surface area contributed by atoms with E-state index < -0.39 is 0 Å². The highest BCUT2D eigenvalue weighted by Gasteiger charge is 2.19. The van der Waals surface area contributed by atoms with E-state index in [2.05, 4.69) is 27.0 Å². The number of benzene rings is 1. The molecule has 0 radical (unpaired) electrons. The summed E-state index contributed by atoms with van der Waals surface area (Å²) in [6.45, 7) is 0. The third-order valence-electron chi connectivity index (χ3n) is 2.60. The van der Waals surface area contributed by atoms with Crippen molar-refractivity contribution >= 4 is 22.0 Å². The molecule has 2 rings (SSSR count). The number of isocyanates is 1. The van der Waals surface area contributed by atoms with E-state index in [0.717, 1.165) is 23.7 Å². The van der Waals surface area contributed by atoms with Crippen LogP contribution in [0.5, 0.6) is 0 Å². The van der Waals surface area contributed by atoms with Crippen molar-refractivity contribution in [2.75, 3.05) is 0 Å². The molecule has 3 heteroatoms. The van der Waals surface area contributed by atoms with Gasteiger partial charge in [0.1, 0.15) is 0 Å². The first-order chi connectivity index (χ1) is 6.81. The first-order valence-corrected chi connectivity index (χ1v) is 5.46. The van der Waals surface area contributed by atoms with E-state index in [9.17, 15) is 4.79 Å². The molecular formula is C11H10BrNO.